The third-order valence-electron chi connectivity index (χ3n) is 5.18. The number of aromatic amines is 1. The average molecular weight is 513 g/mol. The van der Waals surface area contributed by atoms with Crippen LogP contribution in [-0.2, 0) is 4.79 Å². The minimum atomic E-state index is -4.43. The van der Waals surface area contributed by atoms with E-state index in [1.165, 1.54) is 40.6 Å². The molecule has 182 valence electrons. The quantitative estimate of drug-likeness (QED) is 0.278. The van der Waals surface area contributed by atoms with Gasteiger partial charge >= 0.3 is 6.18 Å². The van der Waals surface area contributed by atoms with E-state index in [9.17, 15) is 22.8 Å². The summed E-state index contributed by atoms with van der Waals surface area (Å²) >= 11 is 3.21. The fraction of sp³-hybridized carbons (Fsp3) is 0.409. The lowest BCUT2D eigenvalue weighted by Gasteiger charge is -2.26. The lowest BCUT2D eigenvalue weighted by Crippen LogP contribution is -2.37. The van der Waals surface area contributed by atoms with Gasteiger partial charge in [-0.05, 0) is 36.8 Å². The highest BCUT2D eigenvalue weighted by Crippen LogP contribution is 2.24. The third-order valence-corrected chi connectivity index (χ3v) is 7.14. The lowest BCUT2D eigenvalue weighted by molar-refractivity contribution is -0.153. The second-order valence-electron chi connectivity index (χ2n) is 7.62. The van der Waals surface area contributed by atoms with Crippen LogP contribution in [0.3, 0.4) is 0 Å². The molecule has 0 radical (unpaired) electrons. The number of nitrogens with one attached hydrogen (secondary N) is 1. The van der Waals surface area contributed by atoms with Crippen molar-refractivity contribution in [3.05, 3.63) is 46.9 Å². The van der Waals surface area contributed by atoms with Crippen molar-refractivity contribution in [2.24, 2.45) is 0 Å². The van der Waals surface area contributed by atoms with Crippen molar-refractivity contribution < 1.29 is 22.7 Å². The maximum absolute atomic E-state index is 13.1. The van der Waals surface area contributed by atoms with Gasteiger partial charge in [0.2, 0.25) is 5.91 Å². The van der Waals surface area contributed by atoms with E-state index in [0.29, 0.717) is 40.5 Å². The Hall–Kier alpha value is -2.60. The topological polar surface area (TPSA) is 80.2 Å². The first-order valence-corrected chi connectivity index (χ1v) is 12.8. The maximum atomic E-state index is 13.1. The van der Waals surface area contributed by atoms with Crippen LogP contribution in [0.15, 0.2) is 46.5 Å². The number of fused-ring (bicyclic) bond motifs is 1. The number of hydrogen-bond donors (Lipinski definition) is 1. The molecule has 0 bridgehead atoms. The molecule has 12 heteroatoms. The number of H-pyrrole nitrogens is 1. The molecule has 0 spiro atoms. The standard InChI is InChI=1S/C22H23F3N4O3S2/c23-22(24,25)14-32-16-5-3-15(4-6-16)29-20(31)19-17(7-8-26-19)27-21(29)34-11-1-2-18(30)28-9-12-33-13-10-28/h3-8,26H,1-2,9-14H2. The van der Waals surface area contributed by atoms with Crippen molar-refractivity contribution in [1.82, 2.24) is 19.4 Å². The Balaban J connectivity index is 1.48. The molecule has 0 aliphatic carbocycles. The number of benzene rings is 1. The van der Waals surface area contributed by atoms with E-state index in [4.69, 9.17) is 4.74 Å². The molecular formula is C22H23F3N4O3S2. The smallest absolute Gasteiger partial charge is 0.422 e. The van der Waals surface area contributed by atoms with E-state index in [-0.39, 0.29) is 17.2 Å². The van der Waals surface area contributed by atoms with E-state index >= 15 is 0 Å². The Morgan fingerprint density at radius 3 is 2.62 bits per heavy atom. The van der Waals surface area contributed by atoms with Crippen LogP contribution in [-0.4, -0.2) is 68.5 Å². The van der Waals surface area contributed by atoms with Crippen LogP contribution in [0.2, 0.25) is 0 Å². The van der Waals surface area contributed by atoms with Gasteiger partial charge in [-0.3, -0.25) is 14.2 Å². The van der Waals surface area contributed by atoms with E-state index in [0.717, 1.165) is 24.6 Å². The zero-order valence-electron chi connectivity index (χ0n) is 18.1. The highest BCUT2D eigenvalue weighted by molar-refractivity contribution is 7.99. The molecule has 3 heterocycles. The number of alkyl halides is 3. The molecule has 1 aromatic carbocycles. The van der Waals surface area contributed by atoms with Gasteiger partial charge in [0, 0.05) is 43.0 Å². The Bertz CT molecular complexity index is 1190. The van der Waals surface area contributed by atoms with Crippen molar-refractivity contribution in [3.8, 4) is 11.4 Å². The summed E-state index contributed by atoms with van der Waals surface area (Å²) in [6.45, 7) is 0.174. The van der Waals surface area contributed by atoms with Crippen LogP contribution in [0.5, 0.6) is 5.75 Å². The molecule has 1 aliphatic rings. The molecule has 0 unspecified atom stereocenters. The molecule has 0 atom stereocenters. The summed E-state index contributed by atoms with van der Waals surface area (Å²) in [7, 11) is 0. The molecule has 4 rings (SSSR count). The van der Waals surface area contributed by atoms with Crippen molar-refractivity contribution in [1.29, 1.82) is 0 Å². The summed E-state index contributed by atoms with van der Waals surface area (Å²) in [5.74, 6) is 2.71. The number of amides is 1. The molecule has 3 aromatic rings. The number of halogens is 3. The van der Waals surface area contributed by atoms with Gasteiger partial charge < -0.3 is 14.6 Å². The third kappa shape index (κ3) is 6.09. The molecule has 0 saturated carbocycles. The maximum Gasteiger partial charge on any atom is 0.422 e. The summed E-state index contributed by atoms with van der Waals surface area (Å²) in [6, 6.07) is 7.51. The van der Waals surface area contributed by atoms with Crippen molar-refractivity contribution in [2.45, 2.75) is 24.2 Å². The van der Waals surface area contributed by atoms with Crippen LogP contribution in [0.1, 0.15) is 12.8 Å². The number of ether oxygens (including phenoxy) is 1. The molecule has 1 N–H and O–H groups in total. The molecule has 7 nitrogen and oxygen atoms in total. The predicted molar refractivity (Wildman–Crippen MR) is 127 cm³/mol. The summed E-state index contributed by atoms with van der Waals surface area (Å²) in [5, 5.41) is 0.447. The second-order valence-corrected chi connectivity index (χ2v) is 9.90. The minimum absolute atomic E-state index is 0.0480. The molecule has 1 aliphatic heterocycles. The van der Waals surface area contributed by atoms with Crippen molar-refractivity contribution >= 4 is 40.5 Å². The number of rotatable bonds is 8. The number of aromatic nitrogens is 3. The normalized spacial score (nSPS) is 14.5. The first-order chi connectivity index (χ1) is 16.3. The van der Waals surface area contributed by atoms with Gasteiger partial charge in [-0.1, -0.05) is 11.8 Å². The highest BCUT2D eigenvalue weighted by Gasteiger charge is 2.28. The fourth-order valence-electron chi connectivity index (χ4n) is 3.52. The van der Waals surface area contributed by atoms with Crippen LogP contribution in [0.25, 0.3) is 16.7 Å². The van der Waals surface area contributed by atoms with Crippen LogP contribution >= 0.6 is 23.5 Å². The SMILES string of the molecule is O=C(CCCSc1nc2cc[nH]c2c(=O)n1-c1ccc(OCC(F)(F)F)cc1)N1CCSCC1. The van der Waals surface area contributed by atoms with Crippen LogP contribution in [0, 0.1) is 0 Å². The number of hydrogen-bond acceptors (Lipinski definition) is 6. The first-order valence-electron chi connectivity index (χ1n) is 10.7. The van der Waals surface area contributed by atoms with Gasteiger partial charge in [0.15, 0.2) is 11.8 Å². The first kappa shape index (κ1) is 24.5. The Kier molecular flexibility index (Phi) is 7.77. The molecule has 1 amide bonds. The predicted octanol–water partition coefficient (Wildman–Crippen LogP) is 4.10. The van der Waals surface area contributed by atoms with E-state index in [1.54, 1.807) is 12.3 Å². The summed E-state index contributed by atoms with van der Waals surface area (Å²) in [5.41, 5.74) is 0.997. The highest BCUT2D eigenvalue weighted by atomic mass is 32.2. The van der Waals surface area contributed by atoms with Gasteiger partial charge in [-0.15, -0.1) is 0 Å². The monoisotopic (exact) mass is 512 g/mol. The molecule has 1 fully saturated rings. The largest absolute Gasteiger partial charge is 0.484 e. The average Bonchev–Trinajstić information content (AvgIpc) is 3.30. The molecular weight excluding hydrogens is 489 g/mol. The fourth-order valence-corrected chi connectivity index (χ4v) is 5.37. The zero-order valence-corrected chi connectivity index (χ0v) is 19.8. The minimum Gasteiger partial charge on any atom is -0.484 e. The Labute approximate surface area is 202 Å². The summed E-state index contributed by atoms with van der Waals surface area (Å²) in [6.07, 6.45) is -1.74. The van der Waals surface area contributed by atoms with Gasteiger partial charge in [-0.2, -0.15) is 24.9 Å². The molecule has 1 saturated heterocycles. The lowest BCUT2D eigenvalue weighted by atomic mass is 10.3. The van der Waals surface area contributed by atoms with Crippen LogP contribution in [0.4, 0.5) is 13.2 Å². The number of thioether (sulfide) groups is 2. The number of nitrogens with zero attached hydrogens (tertiary/aromatic N) is 3. The van der Waals surface area contributed by atoms with E-state index in [2.05, 4.69) is 9.97 Å². The van der Waals surface area contributed by atoms with E-state index < -0.39 is 12.8 Å². The van der Waals surface area contributed by atoms with Gasteiger partial charge in [0.1, 0.15) is 11.3 Å². The van der Waals surface area contributed by atoms with Gasteiger partial charge in [-0.25, -0.2) is 4.98 Å². The number of carbonyl (C=O) groups excluding carboxylic acids is 1. The van der Waals surface area contributed by atoms with E-state index in [1.807, 2.05) is 16.7 Å². The Morgan fingerprint density at radius 2 is 1.91 bits per heavy atom. The van der Waals surface area contributed by atoms with Crippen molar-refractivity contribution in [3.63, 3.8) is 0 Å². The van der Waals surface area contributed by atoms with Gasteiger partial charge in [0.25, 0.3) is 5.56 Å². The molecule has 34 heavy (non-hydrogen) atoms. The second kappa shape index (κ2) is 10.8. The number of carbonyl (C=O) groups is 1. The van der Waals surface area contributed by atoms with Gasteiger partial charge in [0.05, 0.1) is 11.2 Å². The molecule has 2 aromatic heterocycles. The van der Waals surface area contributed by atoms with Crippen molar-refractivity contribution in [2.75, 3.05) is 37.0 Å². The Morgan fingerprint density at radius 1 is 1.18 bits per heavy atom. The summed E-state index contributed by atoms with van der Waals surface area (Å²) < 4.78 is 43.4. The summed E-state index contributed by atoms with van der Waals surface area (Å²) in [4.78, 5) is 34.9. The van der Waals surface area contributed by atoms with Crippen LogP contribution < -0.4 is 10.3 Å². The zero-order chi connectivity index (χ0) is 24.1.